The Labute approximate surface area is 149 Å². The first-order valence-corrected chi connectivity index (χ1v) is 8.54. The molecule has 1 aromatic heterocycles. The first-order chi connectivity index (χ1) is 11.8. The van der Waals surface area contributed by atoms with Gasteiger partial charge in [0.2, 0.25) is 0 Å². The first-order valence-electron chi connectivity index (χ1n) is 7.72. The van der Waals surface area contributed by atoms with Crippen LogP contribution in [0.3, 0.4) is 0 Å². The lowest BCUT2D eigenvalue weighted by Gasteiger charge is -2.11. The van der Waals surface area contributed by atoms with E-state index in [0.717, 1.165) is 16.3 Å². The number of thiazole rings is 1. The summed E-state index contributed by atoms with van der Waals surface area (Å²) in [6.45, 7) is 2.97. The lowest BCUT2D eigenvalue weighted by molar-refractivity contribution is 0.0512. The van der Waals surface area contributed by atoms with Crippen molar-refractivity contribution in [1.29, 1.82) is 0 Å². The number of rotatable bonds is 6. The lowest BCUT2D eigenvalue weighted by atomic mass is 10.2. The molecule has 2 rings (SSSR count). The van der Waals surface area contributed by atoms with E-state index < -0.39 is 12.0 Å². The molecule has 0 saturated heterocycles. The van der Waals surface area contributed by atoms with Crippen LogP contribution in [0.4, 0.5) is 14.5 Å². The van der Waals surface area contributed by atoms with Crippen molar-refractivity contribution in [1.82, 2.24) is 4.98 Å². The fraction of sp³-hybridized carbons (Fsp3) is 0.333. The van der Waals surface area contributed by atoms with E-state index in [2.05, 4.69) is 4.98 Å². The summed E-state index contributed by atoms with van der Waals surface area (Å²) in [5, 5.41) is 0.723. The maximum absolute atomic E-state index is 12.3. The predicted molar refractivity (Wildman–Crippen MR) is 96.4 cm³/mol. The van der Waals surface area contributed by atoms with Crippen molar-refractivity contribution in [2.75, 3.05) is 25.6 Å². The first kappa shape index (κ1) is 19.1. The van der Waals surface area contributed by atoms with Gasteiger partial charge in [-0.1, -0.05) is 0 Å². The Hall–Kier alpha value is -2.28. The molecule has 0 saturated carbocycles. The molecule has 0 spiro atoms. The van der Waals surface area contributed by atoms with Crippen LogP contribution in [0.1, 0.15) is 28.7 Å². The van der Waals surface area contributed by atoms with E-state index in [0.29, 0.717) is 10.6 Å². The zero-order valence-electron chi connectivity index (χ0n) is 14.6. The molecule has 0 atom stereocenters. The van der Waals surface area contributed by atoms with E-state index in [9.17, 15) is 13.6 Å². The van der Waals surface area contributed by atoms with Crippen molar-refractivity contribution in [3.05, 3.63) is 46.5 Å². The van der Waals surface area contributed by atoms with Crippen LogP contribution in [0, 0.1) is 6.92 Å². The van der Waals surface area contributed by atoms with Gasteiger partial charge in [-0.2, -0.15) is 8.78 Å². The lowest BCUT2D eigenvalue weighted by Crippen LogP contribution is -2.07. The highest BCUT2D eigenvalue weighted by molar-refractivity contribution is 7.17. The molecule has 0 fully saturated rings. The highest BCUT2D eigenvalue weighted by atomic mass is 32.1. The van der Waals surface area contributed by atoms with Crippen molar-refractivity contribution >= 4 is 23.0 Å². The smallest absolute Gasteiger partial charge is 0.350 e. The highest BCUT2D eigenvalue weighted by Crippen LogP contribution is 2.29. The van der Waals surface area contributed by atoms with E-state index in [1.807, 2.05) is 43.3 Å². The molecule has 1 aromatic carbocycles. The third kappa shape index (κ3) is 4.85. The Morgan fingerprint density at radius 3 is 2.44 bits per heavy atom. The third-order valence-corrected chi connectivity index (χ3v) is 4.83. The molecule has 0 amide bonds. The van der Waals surface area contributed by atoms with Crippen molar-refractivity contribution in [2.24, 2.45) is 0 Å². The zero-order chi connectivity index (χ0) is 18.6. The van der Waals surface area contributed by atoms with Gasteiger partial charge in [0, 0.05) is 31.8 Å². The molecule has 25 heavy (non-hydrogen) atoms. The van der Waals surface area contributed by atoms with Crippen molar-refractivity contribution in [3.8, 4) is 10.6 Å². The van der Waals surface area contributed by atoms with Gasteiger partial charge < -0.3 is 9.64 Å². The number of benzene rings is 1. The number of esters is 1. The summed E-state index contributed by atoms with van der Waals surface area (Å²) in [5.41, 5.74) is 2.48. The fourth-order valence-electron chi connectivity index (χ4n) is 2.07. The van der Waals surface area contributed by atoms with Gasteiger partial charge in [0.05, 0.1) is 12.3 Å². The summed E-state index contributed by atoms with van der Waals surface area (Å²) in [4.78, 5) is 19.0. The SMILES string of the molecule is CC(CCOC(=O)c1sc(-c2ccc(N(C)C)cc2)nc1C)=C(F)F. The Balaban J connectivity index is 2.08. The quantitative estimate of drug-likeness (QED) is 0.682. The number of hydrogen-bond acceptors (Lipinski definition) is 5. The summed E-state index contributed by atoms with van der Waals surface area (Å²) in [5.74, 6) is -0.529. The van der Waals surface area contributed by atoms with Crippen molar-refractivity contribution in [3.63, 3.8) is 0 Å². The van der Waals surface area contributed by atoms with Gasteiger partial charge in [-0.3, -0.25) is 0 Å². The molecular weight excluding hydrogens is 346 g/mol. The van der Waals surface area contributed by atoms with Gasteiger partial charge in [0.1, 0.15) is 9.88 Å². The number of nitrogens with zero attached hydrogens (tertiary/aromatic N) is 2. The molecule has 0 N–H and O–H groups in total. The number of ether oxygens (including phenoxy) is 1. The number of carbonyl (C=O) groups excluding carboxylic acids is 1. The normalized spacial score (nSPS) is 10.5. The Morgan fingerprint density at radius 1 is 1.24 bits per heavy atom. The molecule has 0 aliphatic heterocycles. The molecule has 134 valence electrons. The Morgan fingerprint density at radius 2 is 1.88 bits per heavy atom. The fourth-order valence-corrected chi connectivity index (χ4v) is 3.03. The maximum Gasteiger partial charge on any atom is 0.350 e. The Kier molecular flexibility index (Phi) is 6.25. The maximum atomic E-state index is 12.3. The summed E-state index contributed by atoms with van der Waals surface area (Å²) in [6, 6.07) is 7.84. The number of aryl methyl sites for hydroxylation is 1. The van der Waals surface area contributed by atoms with Crippen LogP contribution in [0.2, 0.25) is 0 Å². The van der Waals surface area contributed by atoms with Gasteiger partial charge >= 0.3 is 5.97 Å². The Bertz CT molecular complexity index is 779. The van der Waals surface area contributed by atoms with E-state index in [1.54, 1.807) is 6.92 Å². The van der Waals surface area contributed by atoms with E-state index in [4.69, 9.17) is 4.74 Å². The van der Waals surface area contributed by atoms with Gasteiger partial charge in [0.25, 0.3) is 6.08 Å². The van der Waals surface area contributed by atoms with Crippen LogP contribution >= 0.6 is 11.3 Å². The molecule has 4 nitrogen and oxygen atoms in total. The molecule has 7 heteroatoms. The van der Waals surface area contributed by atoms with Gasteiger partial charge in [-0.15, -0.1) is 11.3 Å². The molecule has 0 radical (unpaired) electrons. The molecule has 2 aromatic rings. The average Bonchev–Trinajstić information content (AvgIpc) is 2.96. The van der Waals surface area contributed by atoms with Crippen LogP contribution in [-0.4, -0.2) is 31.7 Å². The van der Waals surface area contributed by atoms with Gasteiger partial charge in [-0.05, 0) is 43.7 Å². The van der Waals surface area contributed by atoms with E-state index in [-0.39, 0.29) is 18.6 Å². The van der Waals surface area contributed by atoms with Crippen LogP contribution in [0.5, 0.6) is 0 Å². The monoisotopic (exact) mass is 366 g/mol. The predicted octanol–water partition coefficient (Wildman–Crippen LogP) is 4.90. The van der Waals surface area contributed by atoms with E-state index >= 15 is 0 Å². The van der Waals surface area contributed by atoms with Crippen molar-refractivity contribution < 1.29 is 18.3 Å². The molecule has 0 aliphatic rings. The third-order valence-electron chi connectivity index (χ3n) is 3.65. The summed E-state index contributed by atoms with van der Waals surface area (Å²) in [7, 11) is 3.92. The van der Waals surface area contributed by atoms with Crippen LogP contribution in [0.25, 0.3) is 10.6 Å². The molecule has 0 aliphatic carbocycles. The second-order valence-corrected chi connectivity index (χ2v) is 6.80. The minimum absolute atomic E-state index is 0.0186. The molecular formula is C18H20F2N2O2S. The summed E-state index contributed by atoms with van der Waals surface area (Å²) >= 11 is 1.24. The molecule has 0 unspecified atom stereocenters. The minimum atomic E-state index is -1.73. The van der Waals surface area contributed by atoms with Gasteiger partial charge in [-0.25, -0.2) is 9.78 Å². The largest absolute Gasteiger partial charge is 0.461 e. The summed E-state index contributed by atoms with van der Waals surface area (Å²) < 4.78 is 29.8. The summed E-state index contributed by atoms with van der Waals surface area (Å²) in [6.07, 6.45) is -1.71. The van der Waals surface area contributed by atoms with Crippen LogP contribution in [-0.2, 0) is 4.74 Å². The van der Waals surface area contributed by atoms with E-state index in [1.165, 1.54) is 18.3 Å². The highest BCUT2D eigenvalue weighted by Gasteiger charge is 2.18. The number of anilines is 1. The molecule has 1 heterocycles. The number of aromatic nitrogens is 1. The topological polar surface area (TPSA) is 42.4 Å². The molecule has 0 bridgehead atoms. The number of halogens is 2. The second-order valence-electron chi connectivity index (χ2n) is 5.80. The van der Waals surface area contributed by atoms with Crippen LogP contribution in [0.15, 0.2) is 35.9 Å². The number of carbonyl (C=O) groups is 1. The minimum Gasteiger partial charge on any atom is -0.461 e. The van der Waals surface area contributed by atoms with Crippen molar-refractivity contribution in [2.45, 2.75) is 20.3 Å². The van der Waals surface area contributed by atoms with Gasteiger partial charge in [0.15, 0.2) is 0 Å². The zero-order valence-corrected chi connectivity index (χ0v) is 15.4. The second kappa shape index (κ2) is 8.20. The number of hydrogen-bond donors (Lipinski definition) is 0. The van der Waals surface area contributed by atoms with Crippen LogP contribution < -0.4 is 4.90 Å². The average molecular weight is 366 g/mol. The standard InChI is InChI=1S/C18H20F2N2O2S/c1-11(16(19)20)9-10-24-18(23)15-12(2)21-17(25-15)13-5-7-14(8-6-13)22(3)4/h5-8H,9-10H2,1-4H3.